The van der Waals surface area contributed by atoms with Gasteiger partial charge in [-0.25, -0.2) is 4.98 Å². The number of aryl methyl sites for hydroxylation is 1. The molecule has 1 amide bonds. The molecule has 0 spiro atoms. The molecule has 2 N–H and O–H groups in total. The van der Waals surface area contributed by atoms with E-state index < -0.39 is 17.8 Å². The average Bonchev–Trinajstić information content (AvgIpc) is 3.10. The van der Waals surface area contributed by atoms with Crippen molar-refractivity contribution in [3.8, 4) is 0 Å². The number of aliphatic carboxylic acids is 1. The fourth-order valence-electron chi connectivity index (χ4n) is 3.28. The molecule has 0 saturated heterocycles. The maximum absolute atomic E-state index is 12.3. The predicted molar refractivity (Wildman–Crippen MR) is 68.4 cm³/mol. The normalized spacial score (nSPS) is 30.6. The lowest BCUT2D eigenvalue weighted by Crippen LogP contribution is -2.39. The van der Waals surface area contributed by atoms with Crippen LogP contribution in [-0.4, -0.2) is 22.0 Å². The quantitative estimate of drug-likeness (QED) is 0.804. The van der Waals surface area contributed by atoms with Gasteiger partial charge in [-0.05, 0) is 25.2 Å². The molecule has 2 bridgehead atoms. The molecule has 20 heavy (non-hydrogen) atoms. The number of oxazole rings is 1. The van der Waals surface area contributed by atoms with Gasteiger partial charge < -0.3 is 14.8 Å². The summed E-state index contributed by atoms with van der Waals surface area (Å²) < 4.78 is 5.28. The van der Waals surface area contributed by atoms with Crippen LogP contribution >= 0.6 is 0 Å². The van der Waals surface area contributed by atoms with E-state index in [1.54, 1.807) is 13.1 Å². The second-order valence-electron chi connectivity index (χ2n) is 5.42. The van der Waals surface area contributed by atoms with Crippen LogP contribution in [0.1, 0.15) is 18.1 Å². The second-order valence-corrected chi connectivity index (χ2v) is 5.42. The molecule has 0 aromatic carbocycles. The van der Waals surface area contributed by atoms with Crippen molar-refractivity contribution >= 4 is 11.9 Å². The molecule has 4 atom stereocenters. The third-order valence-electron chi connectivity index (χ3n) is 4.13. The number of fused-ring (bicyclic) bond motifs is 2. The first kappa shape index (κ1) is 12.9. The zero-order chi connectivity index (χ0) is 14.3. The third-order valence-corrected chi connectivity index (χ3v) is 4.13. The number of carbonyl (C=O) groups is 2. The highest BCUT2D eigenvalue weighted by Gasteiger charge is 2.51. The lowest BCUT2D eigenvalue weighted by atomic mass is 9.82. The predicted octanol–water partition coefficient (Wildman–Crippen LogP) is 1.12. The Kier molecular flexibility index (Phi) is 3.08. The number of carboxylic acid groups (broad SMARTS) is 1. The van der Waals surface area contributed by atoms with Gasteiger partial charge in [0, 0.05) is 0 Å². The summed E-state index contributed by atoms with van der Waals surface area (Å²) in [7, 11) is 0. The van der Waals surface area contributed by atoms with E-state index in [2.05, 4.69) is 10.3 Å². The summed E-state index contributed by atoms with van der Waals surface area (Å²) in [6, 6.07) is 0. The summed E-state index contributed by atoms with van der Waals surface area (Å²) in [4.78, 5) is 27.6. The maximum Gasteiger partial charge on any atom is 0.307 e. The fourth-order valence-corrected chi connectivity index (χ4v) is 3.28. The molecule has 2 aliphatic carbocycles. The molecule has 2 unspecified atom stereocenters. The second kappa shape index (κ2) is 4.77. The minimum absolute atomic E-state index is 0.0165. The molecule has 0 aliphatic heterocycles. The van der Waals surface area contributed by atoms with Crippen LogP contribution in [0.3, 0.4) is 0 Å². The van der Waals surface area contributed by atoms with Crippen molar-refractivity contribution in [1.29, 1.82) is 0 Å². The van der Waals surface area contributed by atoms with Gasteiger partial charge in [-0.15, -0.1) is 0 Å². The Morgan fingerprint density at radius 1 is 1.40 bits per heavy atom. The van der Waals surface area contributed by atoms with Crippen LogP contribution in [0.15, 0.2) is 22.8 Å². The number of amides is 1. The molecule has 6 heteroatoms. The number of hydrogen-bond donors (Lipinski definition) is 2. The lowest BCUT2D eigenvalue weighted by molar-refractivity contribution is -0.147. The summed E-state index contributed by atoms with van der Waals surface area (Å²) >= 11 is 0. The smallest absolute Gasteiger partial charge is 0.307 e. The number of rotatable bonds is 4. The lowest BCUT2D eigenvalue weighted by Gasteiger charge is -2.23. The zero-order valence-corrected chi connectivity index (χ0v) is 11.1. The van der Waals surface area contributed by atoms with Crippen LogP contribution in [0.2, 0.25) is 0 Å². The standard InChI is InChI=1S/C14H16N2O4/c1-7-5-15-10(20-7)6-16-13(17)11-8-2-3-9(4-8)12(11)14(18)19/h2-3,5,8-9,11-12H,4,6H2,1H3,(H,16,17)(H,18,19)/t8?,9?,11-,12+/m0/s1. The Bertz CT molecular complexity index is 577. The van der Waals surface area contributed by atoms with E-state index in [0.717, 1.165) is 6.42 Å². The van der Waals surface area contributed by atoms with Crippen LogP contribution in [0.25, 0.3) is 0 Å². The molecule has 6 nitrogen and oxygen atoms in total. The van der Waals surface area contributed by atoms with Crippen molar-refractivity contribution in [1.82, 2.24) is 10.3 Å². The molecule has 2 aliphatic rings. The van der Waals surface area contributed by atoms with Crippen LogP contribution in [0, 0.1) is 30.6 Å². The molecular weight excluding hydrogens is 260 g/mol. The van der Waals surface area contributed by atoms with E-state index in [9.17, 15) is 14.7 Å². The van der Waals surface area contributed by atoms with Gasteiger partial charge in [-0.3, -0.25) is 9.59 Å². The SMILES string of the molecule is Cc1cnc(CNC(=O)[C@H]2C3C=CC(C3)[C@H]2C(=O)O)o1. The number of nitrogens with zero attached hydrogens (tertiary/aromatic N) is 1. The zero-order valence-electron chi connectivity index (χ0n) is 11.1. The van der Waals surface area contributed by atoms with Gasteiger partial charge in [0.25, 0.3) is 0 Å². The Morgan fingerprint density at radius 2 is 2.10 bits per heavy atom. The summed E-state index contributed by atoms with van der Waals surface area (Å²) in [6.07, 6.45) is 6.23. The molecule has 1 aromatic rings. The van der Waals surface area contributed by atoms with E-state index in [0.29, 0.717) is 11.7 Å². The molecule has 1 saturated carbocycles. The van der Waals surface area contributed by atoms with Gasteiger partial charge >= 0.3 is 5.97 Å². The monoisotopic (exact) mass is 276 g/mol. The van der Waals surface area contributed by atoms with Crippen LogP contribution in [0.4, 0.5) is 0 Å². The van der Waals surface area contributed by atoms with Crippen molar-refractivity contribution in [2.24, 2.45) is 23.7 Å². The van der Waals surface area contributed by atoms with Gasteiger partial charge in [0.1, 0.15) is 5.76 Å². The minimum atomic E-state index is -0.894. The minimum Gasteiger partial charge on any atom is -0.481 e. The van der Waals surface area contributed by atoms with Gasteiger partial charge in [0.15, 0.2) is 0 Å². The van der Waals surface area contributed by atoms with Crippen molar-refractivity contribution in [3.05, 3.63) is 30.0 Å². The first-order chi connectivity index (χ1) is 9.56. The largest absolute Gasteiger partial charge is 0.481 e. The molecule has 0 radical (unpaired) electrons. The Labute approximate surface area is 115 Å². The van der Waals surface area contributed by atoms with E-state index in [1.807, 2.05) is 12.2 Å². The number of hydrogen-bond acceptors (Lipinski definition) is 4. The summed E-state index contributed by atoms with van der Waals surface area (Å²) in [6.45, 7) is 1.97. The maximum atomic E-state index is 12.3. The van der Waals surface area contributed by atoms with Crippen molar-refractivity contribution in [2.45, 2.75) is 19.9 Å². The summed E-state index contributed by atoms with van der Waals surface area (Å²) in [5.41, 5.74) is 0. The van der Waals surface area contributed by atoms with Gasteiger partial charge in [0.2, 0.25) is 11.8 Å². The number of carbonyl (C=O) groups excluding carboxylic acids is 1. The number of nitrogens with one attached hydrogen (secondary N) is 1. The molecule has 1 fully saturated rings. The fraction of sp³-hybridized carbons (Fsp3) is 0.500. The topological polar surface area (TPSA) is 92.4 Å². The molecule has 1 heterocycles. The van der Waals surface area contributed by atoms with Crippen LogP contribution < -0.4 is 5.32 Å². The first-order valence-corrected chi connectivity index (χ1v) is 6.66. The first-order valence-electron chi connectivity index (χ1n) is 6.66. The van der Waals surface area contributed by atoms with Gasteiger partial charge in [-0.2, -0.15) is 0 Å². The number of aromatic nitrogens is 1. The van der Waals surface area contributed by atoms with E-state index in [4.69, 9.17) is 4.42 Å². The van der Waals surface area contributed by atoms with Crippen LogP contribution in [0.5, 0.6) is 0 Å². The number of carboxylic acids is 1. The summed E-state index contributed by atoms with van der Waals surface area (Å²) in [5, 5.41) is 12.0. The molecule has 106 valence electrons. The third kappa shape index (κ3) is 2.11. The molecular formula is C14H16N2O4. The molecule has 3 rings (SSSR count). The average molecular weight is 276 g/mol. The van der Waals surface area contributed by atoms with Gasteiger partial charge in [-0.1, -0.05) is 12.2 Å². The van der Waals surface area contributed by atoms with Crippen LogP contribution in [-0.2, 0) is 16.1 Å². The highest BCUT2D eigenvalue weighted by molar-refractivity contribution is 5.86. The molecule has 1 aromatic heterocycles. The Hall–Kier alpha value is -2.11. The highest BCUT2D eigenvalue weighted by atomic mass is 16.4. The highest BCUT2D eigenvalue weighted by Crippen LogP contribution is 2.48. The van der Waals surface area contributed by atoms with E-state index in [1.165, 1.54) is 0 Å². The Balaban J connectivity index is 1.67. The van der Waals surface area contributed by atoms with Crippen molar-refractivity contribution < 1.29 is 19.1 Å². The van der Waals surface area contributed by atoms with Crippen molar-refractivity contribution in [3.63, 3.8) is 0 Å². The van der Waals surface area contributed by atoms with E-state index in [-0.39, 0.29) is 24.3 Å². The summed E-state index contributed by atoms with van der Waals surface area (Å²) in [5.74, 6) is -1.10. The van der Waals surface area contributed by atoms with E-state index >= 15 is 0 Å². The van der Waals surface area contributed by atoms with Gasteiger partial charge in [0.05, 0.1) is 24.6 Å². The Morgan fingerprint density at radius 3 is 2.70 bits per heavy atom. The van der Waals surface area contributed by atoms with Crippen molar-refractivity contribution in [2.75, 3.05) is 0 Å². The number of allylic oxidation sites excluding steroid dienone is 2.